The van der Waals surface area contributed by atoms with E-state index in [1.54, 1.807) is 0 Å². The van der Waals surface area contributed by atoms with Gasteiger partial charge >= 0.3 is 0 Å². The zero-order valence-electron chi connectivity index (χ0n) is 7.76. The monoisotopic (exact) mass is 170 g/mol. The molecule has 0 saturated heterocycles. The summed E-state index contributed by atoms with van der Waals surface area (Å²) in [6, 6.07) is 1.41. The quantitative estimate of drug-likeness (QED) is 0.702. The van der Waals surface area contributed by atoms with Crippen molar-refractivity contribution in [3.05, 3.63) is 23.6 Å². The molecule has 0 fully saturated rings. The molecule has 3 heteroatoms. The van der Waals surface area contributed by atoms with Gasteiger partial charge in [0.25, 0.3) is 0 Å². The Labute approximate surface area is 72.6 Å². The first-order valence-electron chi connectivity index (χ1n) is 4.14. The summed E-state index contributed by atoms with van der Waals surface area (Å²) in [5, 5.41) is 0. The SMILES string of the molecule is CC.CCc1cc(F)cnc1N. The molecule has 0 radical (unpaired) electrons. The summed E-state index contributed by atoms with van der Waals surface area (Å²) in [7, 11) is 0. The number of rotatable bonds is 1. The van der Waals surface area contributed by atoms with Crippen molar-refractivity contribution in [1.82, 2.24) is 4.98 Å². The van der Waals surface area contributed by atoms with Crippen molar-refractivity contribution in [2.75, 3.05) is 5.73 Å². The lowest BCUT2D eigenvalue weighted by molar-refractivity contribution is 0.619. The maximum absolute atomic E-state index is 12.4. The van der Waals surface area contributed by atoms with E-state index < -0.39 is 0 Å². The molecule has 1 aromatic heterocycles. The molecule has 0 saturated carbocycles. The standard InChI is InChI=1S/C7H9FN2.C2H6/c1-2-5-3-6(8)4-10-7(5)9;1-2/h3-4H,2H2,1H3,(H2,9,10);1-2H3. The summed E-state index contributed by atoms with van der Waals surface area (Å²) >= 11 is 0. The summed E-state index contributed by atoms with van der Waals surface area (Å²) in [4.78, 5) is 3.65. The van der Waals surface area contributed by atoms with Crippen LogP contribution in [0, 0.1) is 5.82 Å². The van der Waals surface area contributed by atoms with Crippen LogP contribution in [-0.2, 0) is 6.42 Å². The first kappa shape index (κ1) is 10.9. The molecule has 1 aromatic rings. The molecule has 0 aliphatic carbocycles. The lowest BCUT2D eigenvalue weighted by Gasteiger charge is -1.99. The maximum atomic E-state index is 12.4. The molecule has 0 aliphatic rings. The minimum absolute atomic E-state index is 0.328. The Kier molecular flexibility index (Phi) is 5.00. The topological polar surface area (TPSA) is 38.9 Å². The van der Waals surface area contributed by atoms with E-state index in [2.05, 4.69) is 4.98 Å². The van der Waals surface area contributed by atoms with Gasteiger partial charge in [0, 0.05) is 0 Å². The van der Waals surface area contributed by atoms with Crippen LogP contribution >= 0.6 is 0 Å². The second-order valence-corrected chi connectivity index (χ2v) is 2.05. The van der Waals surface area contributed by atoms with Crippen LogP contribution in [0.4, 0.5) is 10.2 Å². The summed E-state index contributed by atoms with van der Waals surface area (Å²) in [6.45, 7) is 5.91. The van der Waals surface area contributed by atoms with E-state index >= 15 is 0 Å². The number of pyridine rings is 1. The maximum Gasteiger partial charge on any atom is 0.141 e. The lowest BCUT2D eigenvalue weighted by atomic mass is 10.2. The van der Waals surface area contributed by atoms with Gasteiger partial charge < -0.3 is 5.73 Å². The molecule has 1 rings (SSSR count). The van der Waals surface area contributed by atoms with Crippen molar-refractivity contribution >= 4 is 5.82 Å². The van der Waals surface area contributed by atoms with Gasteiger partial charge in [-0.05, 0) is 18.1 Å². The third kappa shape index (κ3) is 2.86. The van der Waals surface area contributed by atoms with E-state index in [-0.39, 0.29) is 5.82 Å². The Morgan fingerprint density at radius 1 is 1.50 bits per heavy atom. The molecule has 0 aliphatic heterocycles. The second kappa shape index (κ2) is 5.52. The molecular formula is C9H15FN2. The van der Waals surface area contributed by atoms with Crippen LogP contribution in [0.2, 0.25) is 0 Å². The number of nitrogen functional groups attached to an aromatic ring is 1. The number of anilines is 1. The van der Waals surface area contributed by atoms with Crippen molar-refractivity contribution in [3.8, 4) is 0 Å². The number of nitrogens with zero attached hydrogens (tertiary/aromatic N) is 1. The first-order valence-corrected chi connectivity index (χ1v) is 4.14. The average molecular weight is 170 g/mol. The van der Waals surface area contributed by atoms with Crippen LogP contribution in [-0.4, -0.2) is 4.98 Å². The van der Waals surface area contributed by atoms with Crippen molar-refractivity contribution < 1.29 is 4.39 Å². The highest BCUT2D eigenvalue weighted by Crippen LogP contribution is 2.09. The Hall–Kier alpha value is -1.12. The van der Waals surface area contributed by atoms with E-state index in [0.29, 0.717) is 5.82 Å². The molecule has 0 spiro atoms. The highest BCUT2D eigenvalue weighted by atomic mass is 19.1. The molecule has 0 atom stereocenters. The molecule has 1 heterocycles. The molecule has 2 nitrogen and oxygen atoms in total. The Balaban J connectivity index is 0.000000561. The van der Waals surface area contributed by atoms with Gasteiger partial charge in [0.15, 0.2) is 0 Å². The number of hydrogen-bond acceptors (Lipinski definition) is 2. The van der Waals surface area contributed by atoms with Crippen molar-refractivity contribution in [2.45, 2.75) is 27.2 Å². The molecule has 0 unspecified atom stereocenters. The predicted octanol–water partition coefficient (Wildman–Crippen LogP) is 2.39. The third-order valence-corrected chi connectivity index (χ3v) is 1.35. The fourth-order valence-electron chi connectivity index (χ4n) is 0.775. The summed E-state index contributed by atoms with van der Waals surface area (Å²) < 4.78 is 12.4. The number of hydrogen-bond donors (Lipinski definition) is 1. The van der Waals surface area contributed by atoms with Gasteiger partial charge in [-0.1, -0.05) is 20.8 Å². The fourth-order valence-corrected chi connectivity index (χ4v) is 0.775. The van der Waals surface area contributed by atoms with E-state index in [4.69, 9.17) is 5.73 Å². The van der Waals surface area contributed by atoms with Crippen LogP contribution in [0.15, 0.2) is 12.3 Å². The van der Waals surface area contributed by atoms with Gasteiger partial charge in [0.05, 0.1) is 6.20 Å². The van der Waals surface area contributed by atoms with Gasteiger partial charge in [0.1, 0.15) is 11.6 Å². The zero-order valence-corrected chi connectivity index (χ0v) is 7.76. The first-order chi connectivity index (χ1) is 5.74. The fraction of sp³-hybridized carbons (Fsp3) is 0.444. The average Bonchev–Trinajstić information content (AvgIpc) is 2.13. The molecular weight excluding hydrogens is 155 g/mol. The van der Waals surface area contributed by atoms with Crippen LogP contribution in [0.5, 0.6) is 0 Å². The smallest absolute Gasteiger partial charge is 0.141 e. The molecule has 12 heavy (non-hydrogen) atoms. The van der Waals surface area contributed by atoms with E-state index in [1.807, 2.05) is 20.8 Å². The predicted molar refractivity (Wildman–Crippen MR) is 49.3 cm³/mol. The van der Waals surface area contributed by atoms with Crippen LogP contribution in [0.3, 0.4) is 0 Å². The highest BCUT2D eigenvalue weighted by molar-refractivity contribution is 5.38. The number of aryl methyl sites for hydroxylation is 1. The van der Waals surface area contributed by atoms with Gasteiger partial charge in [-0.25, -0.2) is 9.37 Å². The second-order valence-electron chi connectivity index (χ2n) is 2.05. The number of aromatic nitrogens is 1. The largest absolute Gasteiger partial charge is 0.383 e. The van der Waals surface area contributed by atoms with Crippen molar-refractivity contribution in [1.29, 1.82) is 0 Å². The zero-order chi connectivity index (χ0) is 9.56. The molecule has 2 N–H and O–H groups in total. The highest BCUT2D eigenvalue weighted by Gasteiger charge is 1.98. The van der Waals surface area contributed by atoms with Crippen LogP contribution in [0.1, 0.15) is 26.3 Å². The Morgan fingerprint density at radius 3 is 2.50 bits per heavy atom. The van der Waals surface area contributed by atoms with Crippen molar-refractivity contribution in [3.63, 3.8) is 0 Å². The van der Waals surface area contributed by atoms with Gasteiger partial charge in [-0.2, -0.15) is 0 Å². The normalized spacial score (nSPS) is 8.67. The summed E-state index contributed by atoms with van der Waals surface area (Å²) in [5.74, 6) is 0.0925. The Morgan fingerprint density at radius 2 is 2.08 bits per heavy atom. The van der Waals surface area contributed by atoms with Gasteiger partial charge in [-0.15, -0.1) is 0 Å². The number of nitrogens with two attached hydrogens (primary N) is 1. The van der Waals surface area contributed by atoms with E-state index in [0.717, 1.165) is 18.2 Å². The summed E-state index contributed by atoms with van der Waals surface area (Å²) in [6.07, 6.45) is 1.84. The molecule has 0 aromatic carbocycles. The number of halogens is 1. The van der Waals surface area contributed by atoms with Gasteiger partial charge in [-0.3, -0.25) is 0 Å². The molecule has 0 bridgehead atoms. The summed E-state index contributed by atoms with van der Waals surface area (Å²) in [5.41, 5.74) is 6.19. The molecule has 0 amide bonds. The lowest BCUT2D eigenvalue weighted by Crippen LogP contribution is -1.96. The van der Waals surface area contributed by atoms with Crippen LogP contribution in [0.25, 0.3) is 0 Å². The minimum atomic E-state index is -0.328. The third-order valence-electron chi connectivity index (χ3n) is 1.35. The van der Waals surface area contributed by atoms with E-state index in [9.17, 15) is 4.39 Å². The minimum Gasteiger partial charge on any atom is -0.383 e. The molecule has 68 valence electrons. The van der Waals surface area contributed by atoms with Gasteiger partial charge in [0.2, 0.25) is 0 Å². The Bertz CT molecular complexity index is 236. The van der Waals surface area contributed by atoms with Crippen molar-refractivity contribution in [2.24, 2.45) is 0 Å². The van der Waals surface area contributed by atoms with Crippen LogP contribution < -0.4 is 5.73 Å². The van der Waals surface area contributed by atoms with E-state index in [1.165, 1.54) is 6.07 Å².